The Morgan fingerprint density at radius 2 is 1.78 bits per heavy atom. The van der Waals surface area contributed by atoms with Crippen LogP contribution in [-0.2, 0) is 17.9 Å². The molecule has 140 valence electrons. The third-order valence-electron chi connectivity index (χ3n) is 5.53. The maximum Gasteiger partial charge on any atom is 0.254 e. The Bertz CT molecular complexity index is 839. The standard InChI is InChI=1S/C22H25N3O2/c1-16(26)23-19-8-6-17(7-9-19)14-24-12-10-20(11-13-24)25-15-18-4-2-3-5-21(18)22(25)27/h2-9,20H,10-15H2,1H3,(H,23,26). The van der Waals surface area contributed by atoms with Gasteiger partial charge < -0.3 is 10.2 Å². The van der Waals surface area contributed by atoms with E-state index in [1.165, 1.54) is 12.5 Å². The fourth-order valence-corrected chi connectivity index (χ4v) is 4.12. The van der Waals surface area contributed by atoms with Gasteiger partial charge in [-0.05, 0) is 42.2 Å². The third-order valence-corrected chi connectivity index (χ3v) is 5.53. The van der Waals surface area contributed by atoms with Gasteiger partial charge in [0.15, 0.2) is 0 Å². The van der Waals surface area contributed by atoms with Gasteiger partial charge in [0.05, 0.1) is 0 Å². The zero-order chi connectivity index (χ0) is 18.8. The Balaban J connectivity index is 1.31. The summed E-state index contributed by atoms with van der Waals surface area (Å²) in [6.45, 7) is 5.17. The molecule has 0 unspecified atom stereocenters. The summed E-state index contributed by atoms with van der Waals surface area (Å²) < 4.78 is 0. The van der Waals surface area contributed by atoms with Gasteiger partial charge in [0, 0.05) is 50.4 Å². The molecule has 0 aliphatic carbocycles. The van der Waals surface area contributed by atoms with Crippen LogP contribution in [0.1, 0.15) is 41.3 Å². The number of anilines is 1. The molecule has 0 aromatic heterocycles. The normalized spacial score (nSPS) is 17.8. The summed E-state index contributed by atoms with van der Waals surface area (Å²) in [5.41, 5.74) is 4.10. The van der Waals surface area contributed by atoms with Crippen molar-refractivity contribution in [2.45, 2.75) is 38.9 Å². The topological polar surface area (TPSA) is 52.7 Å². The van der Waals surface area contributed by atoms with E-state index < -0.39 is 0 Å². The average Bonchev–Trinajstić information content (AvgIpc) is 3.01. The van der Waals surface area contributed by atoms with Gasteiger partial charge in [-0.3, -0.25) is 14.5 Å². The number of benzene rings is 2. The molecule has 27 heavy (non-hydrogen) atoms. The minimum absolute atomic E-state index is 0.0524. The van der Waals surface area contributed by atoms with E-state index >= 15 is 0 Å². The molecule has 1 saturated heterocycles. The predicted octanol–water partition coefficient (Wildman–Crippen LogP) is 3.27. The maximum absolute atomic E-state index is 12.7. The monoisotopic (exact) mass is 363 g/mol. The van der Waals surface area contributed by atoms with E-state index in [-0.39, 0.29) is 11.8 Å². The van der Waals surface area contributed by atoms with Crippen molar-refractivity contribution < 1.29 is 9.59 Å². The Labute approximate surface area is 160 Å². The van der Waals surface area contributed by atoms with Gasteiger partial charge in [-0.2, -0.15) is 0 Å². The summed E-state index contributed by atoms with van der Waals surface area (Å²) >= 11 is 0. The molecule has 2 aromatic carbocycles. The Morgan fingerprint density at radius 3 is 2.44 bits per heavy atom. The van der Waals surface area contributed by atoms with Crippen LogP contribution >= 0.6 is 0 Å². The highest BCUT2D eigenvalue weighted by molar-refractivity contribution is 5.98. The second kappa shape index (κ2) is 7.53. The summed E-state index contributed by atoms with van der Waals surface area (Å²) in [6, 6.07) is 16.3. The summed E-state index contributed by atoms with van der Waals surface area (Å²) in [5.74, 6) is 0.140. The van der Waals surface area contributed by atoms with Crippen LogP contribution in [0.15, 0.2) is 48.5 Å². The first-order valence-electron chi connectivity index (χ1n) is 9.58. The highest BCUT2D eigenvalue weighted by atomic mass is 16.2. The van der Waals surface area contributed by atoms with Gasteiger partial charge >= 0.3 is 0 Å². The van der Waals surface area contributed by atoms with Gasteiger partial charge in [-0.15, -0.1) is 0 Å². The second-order valence-corrected chi connectivity index (χ2v) is 7.48. The van der Waals surface area contributed by atoms with Crippen molar-refractivity contribution in [2.75, 3.05) is 18.4 Å². The van der Waals surface area contributed by atoms with E-state index in [1.54, 1.807) is 0 Å². The predicted molar refractivity (Wildman–Crippen MR) is 105 cm³/mol. The number of likely N-dealkylation sites (tertiary alicyclic amines) is 1. The van der Waals surface area contributed by atoms with Crippen LogP contribution in [0.3, 0.4) is 0 Å². The van der Waals surface area contributed by atoms with Crippen LogP contribution in [0.2, 0.25) is 0 Å². The average molecular weight is 363 g/mol. The molecule has 2 aliphatic heterocycles. The molecular weight excluding hydrogens is 338 g/mol. The third kappa shape index (κ3) is 3.88. The lowest BCUT2D eigenvalue weighted by Crippen LogP contribution is -2.44. The zero-order valence-corrected chi connectivity index (χ0v) is 15.6. The first-order chi connectivity index (χ1) is 13.1. The molecule has 4 rings (SSSR count). The lowest BCUT2D eigenvalue weighted by molar-refractivity contribution is -0.114. The van der Waals surface area contributed by atoms with Crippen molar-refractivity contribution in [3.8, 4) is 0 Å². The highest BCUT2D eigenvalue weighted by Crippen LogP contribution is 2.28. The summed E-state index contributed by atoms with van der Waals surface area (Å²) in [5, 5.41) is 2.79. The van der Waals surface area contributed by atoms with Gasteiger partial charge in [-0.1, -0.05) is 30.3 Å². The Kier molecular flexibility index (Phi) is 4.94. The van der Waals surface area contributed by atoms with Crippen LogP contribution in [0, 0.1) is 0 Å². The molecule has 2 amide bonds. The van der Waals surface area contributed by atoms with Crippen LogP contribution in [0.4, 0.5) is 5.69 Å². The van der Waals surface area contributed by atoms with Gasteiger partial charge in [-0.25, -0.2) is 0 Å². The van der Waals surface area contributed by atoms with Gasteiger partial charge in [0.1, 0.15) is 0 Å². The van der Waals surface area contributed by atoms with Crippen LogP contribution in [0.5, 0.6) is 0 Å². The number of amides is 2. The molecular formula is C22H25N3O2. The van der Waals surface area contributed by atoms with Crippen LogP contribution < -0.4 is 5.32 Å². The van der Waals surface area contributed by atoms with Crippen molar-refractivity contribution in [1.29, 1.82) is 0 Å². The highest BCUT2D eigenvalue weighted by Gasteiger charge is 2.34. The van der Waals surface area contributed by atoms with Gasteiger partial charge in [0.2, 0.25) is 5.91 Å². The molecule has 0 bridgehead atoms. The molecule has 5 nitrogen and oxygen atoms in total. The van der Waals surface area contributed by atoms with E-state index in [1.807, 2.05) is 30.3 Å². The number of carbonyl (C=O) groups excluding carboxylic acids is 2. The lowest BCUT2D eigenvalue weighted by atomic mass is 10.0. The Morgan fingerprint density at radius 1 is 1.07 bits per heavy atom. The quantitative estimate of drug-likeness (QED) is 0.907. The number of piperidine rings is 1. The van der Waals surface area contributed by atoms with Crippen molar-refractivity contribution in [2.24, 2.45) is 0 Å². The number of fused-ring (bicyclic) bond motifs is 1. The SMILES string of the molecule is CC(=O)Nc1ccc(CN2CCC(N3Cc4ccccc4C3=O)CC2)cc1. The minimum atomic E-state index is -0.0524. The number of hydrogen-bond donors (Lipinski definition) is 1. The molecule has 0 atom stereocenters. The van der Waals surface area contributed by atoms with E-state index in [9.17, 15) is 9.59 Å². The molecule has 5 heteroatoms. The number of nitrogens with one attached hydrogen (secondary N) is 1. The molecule has 0 radical (unpaired) electrons. The molecule has 2 aliphatic rings. The first kappa shape index (κ1) is 17.7. The van der Waals surface area contributed by atoms with E-state index in [4.69, 9.17) is 0 Å². The number of hydrogen-bond acceptors (Lipinski definition) is 3. The summed E-state index contributed by atoms with van der Waals surface area (Å²) in [7, 11) is 0. The van der Waals surface area contributed by atoms with Crippen molar-refractivity contribution >= 4 is 17.5 Å². The van der Waals surface area contributed by atoms with Crippen molar-refractivity contribution in [3.63, 3.8) is 0 Å². The fraction of sp³-hybridized carbons (Fsp3) is 0.364. The molecule has 0 saturated carbocycles. The van der Waals surface area contributed by atoms with Crippen molar-refractivity contribution in [1.82, 2.24) is 9.80 Å². The molecule has 1 fully saturated rings. The first-order valence-corrected chi connectivity index (χ1v) is 9.58. The van der Waals surface area contributed by atoms with E-state index in [0.29, 0.717) is 6.04 Å². The second-order valence-electron chi connectivity index (χ2n) is 7.48. The minimum Gasteiger partial charge on any atom is -0.331 e. The molecule has 2 heterocycles. The molecule has 2 aromatic rings. The largest absolute Gasteiger partial charge is 0.331 e. The van der Waals surface area contributed by atoms with Gasteiger partial charge in [0.25, 0.3) is 5.91 Å². The zero-order valence-electron chi connectivity index (χ0n) is 15.6. The number of nitrogens with zero attached hydrogens (tertiary/aromatic N) is 2. The Hall–Kier alpha value is -2.66. The summed E-state index contributed by atoms with van der Waals surface area (Å²) in [6.07, 6.45) is 2.04. The smallest absolute Gasteiger partial charge is 0.254 e. The maximum atomic E-state index is 12.7. The lowest BCUT2D eigenvalue weighted by Gasteiger charge is -2.36. The molecule has 0 spiro atoms. The number of rotatable bonds is 4. The van der Waals surface area contributed by atoms with E-state index in [2.05, 4.69) is 33.3 Å². The van der Waals surface area contributed by atoms with Crippen LogP contribution in [-0.4, -0.2) is 40.7 Å². The summed E-state index contributed by atoms with van der Waals surface area (Å²) in [4.78, 5) is 28.3. The van der Waals surface area contributed by atoms with E-state index in [0.717, 1.165) is 55.8 Å². The van der Waals surface area contributed by atoms with Crippen molar-refractivity contribution in [3.05, 3.63) is 65.2 Å². The fourth-order valence-electron chi connectivity index (χ4n) is 4.12. The van der Waals surface area contributed by atoms with Crippen LogP contribution in [0.25, 0.3) is 0 Å². The number of carbonyl (C=O) groups is 2. The molecule has 1 N–H and O–H groups in total.